The van der Waals surface area contributed by atoms with E-state index in [0.29, 0.717) is 6.04 Å². The molecule has 0 atom stereocenters. The van der Waals surface area contributed by atoms with Crippen LogP contribution in [0.5, 0.6) is 0 Å². The van der Waals surface area contributed by atoms with Gasteiger partial charge in [0.15, 0.2) is 0 Å². The minimum atomic E-state index is 0.420. The highest BCUT2D eigenvalue weighted by Crippen LogP contribution is 2.22. The normalized spacial score (nSPS) is 16.9. The highest BCUT2D eigenvalue weighted by molar-refractivity contribution is 5.95. The van der Waals surface area contributed by atoms with Gasteiger partial charge in [-0.2, -0.15) is 0 Å². The molecule has 1 fully saturated rings. The van der Waals surface area contributed by atoms with Crippen molar-refractivity contribution in [1.29, 1.82) is 0 Å². The smallest absolute Gasteiger partial charge is 0.212 e. The van der Waals surface area contributed by atoms with Gasteiger partial charge in [-0.15, -0.1) is 0 Å². The van der Waals surface area contributed by atoms with Gasteiger partial charge in [-0.05, 0) is 31.9 Å². The largest absolute Gasteiger partial charge is 0.315 e. The van der Waals surface area contributed by atoms with Crippen LogP contribution in [0.2, 0.25) is 0 Å². The molecule has 0 radical (unpaired) electrons. The molecule has 0 aliphatic heterocycles. The Balaban J connectivity index is 2.13. The van der Waals surface area contributed by atoms with Gasteiger partial charge >= 0.3 is 0 Å². The van der Waals surface area contributed by atoms with E-state index in [0.717, 1.165) is 11.6 Å². The summed E-state index contributed by atoms with van der Waals surface area (Å²) in [6, 6.07) is 8.77. The maximum Gasteiger partial charge on any atom is 0.212 e. The first-order valence-corrected chi connectivity index (χ1v) is 6.55. The lowest BCUT2D eigenvalue weighted by molar-refractivity contribution is 0.696. The highest BCUT2D eigenvalue weighted by atomic mass is 15.4. The number of hydrogen-bond acceptors (Lipinski definition) is 2. The number of aliphatic imine (C=N–C) groups is 1. The summed E-state index contributed by atoms with van der Waals surface area (Å²) in [4.78, 5) is 6.70. The second-order valence-electron chi connectivity index (χ2n) is 4.93. The first kappa shape index (κ1) is 12.9. The van der Waals surface area contributed by atoms with Gasteiger partial charge in [-0.3, -0.25) is 5.43 Å². The van der Waals surface area contributed by atoms with Crippen LogP contribution in [-0.4, -0.2) is 19.0 Å². The van der Waals surface area contributed by atoms with Gasteiger partial charge in [0.1, 0.15) is 0 Å². The van der Waals surface area contributed by atoms with Gasteiger partial charge in [0.25, 0.3) is 0 Å². The Kier molecular flexibility index (Phi) is 4.20. The maximum atomic E-state index is 5.60. The first-order valence-electron chi connectivity index (χ1n) is 6.55. The van der Waals surface area contributed by atoms with Crippen molar-refractivity contribution in [1.82, 2.24) is 5.43 Å². The van der Waals surface area contributed by atoms with E-state index in [2.05, 4.69) is 36.6 Å². The molecule has 1 aliphatic rings. The monoisotopic (exact) mass is 246 g/mol. The van der Waals surface area contributed by atoms with E-state index in [9.17, 15) is 0 Å². The Morgan fingerprint density at radius 1 is 1.28 bits per heavy atom. The molecule has 0 bridgehead atoms. The summed E-state index contributed by atoms with van der Waals surface area (Å²) in [6.45, 7) is 2.08. The van der Waals surface area contributed by atoms with Gasteiger partial charge < -0.3 is 4.90 Å². The lowest BCUT2D eigenvalue weighted by atomic mass is 10.2. The summed E-state index contributed by atoms with van der Waals surface area (Å²) in [7, 11) is 1.98. The summed E-state index contributed by atoms with van der Waals surface area (Å²) in [5.74, 6) is 6.34. The summed E-state index contributed by atoms with van der Waals surface area (Å²) in [6.07, 6.45) is 4.90. The first-order chi connectivity index (χ1) is 8.70. The van der Waals surface area contributed by atoms with Gasteiger partial charge in [0.05, 0.1) is 6.04 Å². The third-order valence-electron chi connectivity index (χ3n) is 3.50. The summed E-state index contributed by atoms with van der Waals surface area (Å²) in [5.41, 5.74) is 5.06. The lowest BCUT2D eigenvalue weighted by Gasteiger charge is -2.22. The Labute approximate surface area is 109 Å². The fourth-order valence-electron chi connectivity index (χ4n) is 2.32. The molecule has 1 aliphatic carbocycles. The molecule has 98 valence electrons. The average molecular weight is 246 g/mol. The molecular formula is C14H22N4. The van der Waals surface area contributed by atoms with Crippen LogP contribution in [-0.2, 0) is 0 Å². The van der Waals surface area contributed by atoms with Crippen LogP contribution in [0.4, 0.5) is 5.69 Å². The SMILES string of the molecule is Cc1ccc(N(C)C(=NC2CCCC2)NN)cc1. The molecule has 3 N–H and O–H groups in total. The van der Waals surface area contributed by atoms with Gasteiger partial charge in [-0.1, -0.05) is 30.5 Å². The third kappa shape index (κ3) is 3.01. The van der Waals surface area contributed by atoms with Crippen molar-refractivity contribution in [2.45, 2.75) is 38.6 Å². The van der Waals surface area contributed by atoms with E-state index in [1.54, 1.807) is 0 Å². The summed E-state index contributed by atoms with van der Waals surface area (Å²) < 4.78 is 0. The fraction of sp³-hybridized carbons (Fsp3) is 0.500. The number of hydrogen-bond donors (Lipinski definition) is 2. The minimum absolute atomic E-state index is 0.420. The number of nitrogens with two attached hydrogens (primary N) is 1. The number of guanidine groups is 1. The van der Waals surface area contributed by atoms with E-state index < -0.39 is 0 Å². The quantitative estimate of drug-likeness (QED) is 0.364. The molecule has 0 saturated heterocycles. The summed E-state index contributed by atoms with van der Waals surface area (Å²) >= 11 is 0. The van der Waals surface area contributed by atoms with E-state index in [4.69, 9.17) is 10.8 Å². The Morgan fingerprint density at radius 2 is 1.89 bits per heavy atom. The topological polar surface area (TPSA) is 53.6 Å². The zero-order valence-corrected chi connectivity index (χ0v) is 11.2. The van der Waals surface area contributed by atoms with Crippen LogP contribution in [0.1, 0.15) is 31.2 Å². The molecule has 0 spiro atoms. The number of rotatable bonds is 2. The van der Waals surface area contributed by atoms with E-state index in [1.165, 1.54) is 31.2 Å². The predicted octanol–water partition coefficient (Wildman–Crippen LogP) is 2.19. The van der Waals surface area contributed by atoms with Gasteiger partial charge in [0, 0.05) is 12.7 Å². The predicted molar refractivity (Wildman–Crippen MR) is 76.6 cm³/mol. The molecule has 1 saturated carbocycles. The number of aryl methyl sites for hydroxylation is 1. The number of benzene rings is 1. The van der Waals surface area contributed by atoms with Crippen molar-refractivity contribution in [3.8, 4) is 0 Å². The maximum absolute atomic E-state index is 5.60. The van der Waals surface area contributed by atoms with E-state index in [-0.39, 0.29) is 0 Å². The Morgan fingerprint density at radius 3 is 2.44 bits per heavy atom. The van der Waals surface area contributed by atoms with Crippen LogP contribution >= 0.6 is 0 Å². The third-order valence-corrected chi connectivity index (χ3v) is 3.50. The molecule has 0 heterocycles. The van der Waals surface area contributed by atoms with Crippen LogP contribution in [0, 0.1) is 6.92 Å². The van der Waals surface area contributed by atoms with Crippen molar-refractivity contribution in [2.75, 3.05) is 11.9 Å². The highest BCUT2D eigenvalue weighted by Gasteiger charge is 2.16. The molecule has 2 rings (SSSR count). The molecule has 0 amide bonds. The Bertz CT molecular complexity index is 404. The van der Waals surface area contributed by atoms with E-state index >= 15 is 0 Å². The zero-order chi connectivity index (χ0) is 13.0. The molecule has 4 heteroatoms. The zero-order valence-electron chi connectivity index (χ0n) is 11.2. The second-order valence-corrected chi connectivity index (χ2v) is 4.93. The van der Waals surface area contributed by atoms with Crippen LogP contribution in [0.3, 0.4) is 0 Å². The summed E-state index contributed by atoms with van der Waals surface area (Å²) in [5, 5.41) is 0. The van der Waals surface area contributed by atoms with Crippen molar-refractivity contribution in [3.63, 3.8) is 0 Å². The van der Waals surface area contributed by atoms with Crippen molar-refractivity contribution in [2.24, 2.45) is 10.8 Å². The fourth-order valence-corrected chi connectivity index (χ4v) is 2.32. The van der Waals surface area contributed by atoms with Gasteiger partial charge in [0.2, 0.25) is 5.96 Å². The van der Waals surface area contributed by atoms with Gasteiger partial charge in [-0.25, -0.2) is 10.8 Å². The molecule has 4 nitrogen and oxygen atoms in total. The number of hydrazine groups is 1. The van der Waals surface area contributed by atoms with Crippen molar-refractivity contribution >= 4 is 11.6 Å². The Hall–Kier alpha value is -1.55. The lowest BCUT2D eigenvalue weighted by Crippen LogP contribution is -2.43. The molecule has 1 aromatic rings. The van der Waals surface area contributed by atoms with Crippen molar-refractivity contribution < 1.29 is 0 Å². The van der Waals surface area contributed by atoms with Crippen LogP contribution in [0.15, 0.2) is 29.3 Å². The second kappa shape index (κ2) is 5.87. The number of nitrogens with one attached hydrogen (secondary N) is 1. The number of nitrogens with zero attached hydrogens (tertiary/aromatic N) is 2. The van der Waals surface area contributed by atoms with Crippen LogP contribution < -0.4 is 16.2 Å². The van der Waals surface area contributed by atoms with Crippen LogP contribution in [0.25, 0.3) is 0 Å². The molecule has 0 aromatic heterocycles. The molecule has 1 aromatic carbocycles. The standard InChI is InChI=1S/C14H22N4/c1-11-7-9-13(10-8-11)18(2)14(17-15)16-12-5-3-4-6-12/h7-10,12H,3-6,15H2,1-2H3,(H,16,17). The molecular weight excluding hydrogens is 224 g/mol. The van der Waals surface area contributed by atoms with E-state index in [1.807, 2.05) is 11.9 Å². The number of anilines is 1. The minimum Gasteiger partial charge on any atom is -0.315 e. The average Bonchev–Trinajstić information content (AvgIpc) is 2.89. The van der Waals surface area contributed by atoms with Crippen molar-refractivity contribution in [3.05, 3.63) is 29.8 Å². The molecule has 18 heavy (non-hydrogen) atoms. The molecule has 0 unspecified atom stereocenters.